The predicted molar refractivity (Wildman–Crippen MR) is 96.4 cm³/mol. The second kappa shape index (κ2) is 7.05. The van der Waals surface area contributed by atoms with Gasteiger partial charge in [0.05, 0.1) is 19.3 Å². The highest BCUT2D eigenvalue weighted by Crippen LogP contribution is 2.25. The molecule has 3 heterocycles. The standard InChI is InChI=1S/C18H22FN5O2/c19-15-4-2-1-3-13(15)8-23-6-12-7-24(9-14(23)11-26-10-12)16-5-17(25)22-18(20)21-16/h1-5,12,14H,6-11H2,(H3,20,21,22,25)/t12-,14+/m1/s1. The Balaban J connectivity index is 1.59. The highest BCUT2D eigenvalue weighted by atomic mass is 19.1. The molecule has 0 radical (unpaired) electrons. The SMILES string of the molecule is Nc1nc(N2C[C@@H]3COC[C@H](C2)N(Cc2ccccc2F)C3)cc(=O)[nH]1. The number of H-pyrrole nitrogens is 1. The number of anilines is 2. The number of aromatic amines is 1. The maximum absolute atomic E-state index is 14.1. The molecule has 0 aliphatic carbocycles. The van der Waals surface area contributed by atoms with Crippen molar-refractivity contribution in [2.75, 3.05) is 43.5 Å². The molecule has 2 atom stereocenters. The summed E-state index contributed by atoms with van der Waals surface area (Å²) < 4.78 is 19.9. The molecule has 26 heavy (non-hydrogen) atoms. The quantitative estimate of drug-likeness (QED) is 0.844. The fourth-order valence-corrected chi connectivity index (χ4v) is 3.78. The van der Waals surface area contributed by atoms with E-state index in [0.717, 1.165) is 13.1 Å². The molecule has 4 rings (SSSR count). The van der Waals surface area contributed by atoms with Crippen molar-refractivity contribution in [2.45, 2.75) is 12.6 Å². The number of aromatic nitrogens is 2. The molecule has 1 aromatic carbocycles. The highest BCUT2D eigenvalue weighted by molar-refractivity contribution is 5.41. The molecule has 8 heteroatoms. The Morgan fingerprint density at radius 3 is 2.92 bits per heavy atom. The van der Waals surface area contributed by atoms with Gasteiger partial charge in [0.15, 0.2) is 0 Å². The number of halogens is 1. The van der Waals surface area contributed by atoms with Gasteiger partial charge in [-0.05, 0) is 6.07 Å². The monoisotopic (exact) mass is 359 g/mol. The molecule has 2 bridgehead atoms. The lowest BCUT2D eigenvalue weighted by molar-refractivity contribution is 0.0869. The number of ether oxygens (including phenoxy) is 1. The lowest BCUT2D eigenvalue weighted by Gasteiger charge is -2.31. The van der Waals surface area contributed by atoms with Crippen LogP contribution >= 0.6 is 0 Å². The Labute approximate surface area is 150 Å². The molecule has 1 aromatic heterocycles. The minimum absolute atomic E-state index is 0.0874. The molecule has 0 saturated carbocycles. The summed E-state index contributed by atoms with van der Waals surface area (Å²) in [7, 11) is 0. The van der Waals surface area contributed by atoms with Crippen LogP contribution in [-0.2, 0) is 11.3 Å². The Bertz CT molecular complexity index is 842. The van der Waals surface area contributed by atoms with Crippen molar-refractivity contribution in [3.63, 3.8) is 0 Å². The summed E-state index contributed by atoms with van der Waals surface area (Å²) >= 11 is 0. The number of hydrogen-bond acceptors (Lipinski definition) is 6. The molecular weight excluding hydrogens is 337 g/mol. The van der Waals surface area contributed by atoms with Gasteiger partial charge in [-0.2, -0.15) is 4.98 Å². The summed E-state index contributed by atoms with van der Waals surface area (Å²) in [5, 5.41) is 0. The third-order valence-electron chi connectivity index (χ3n) is 4.98. The molecular formula is C18H22FN5O2. The zero-order chi connectivity index (χ0) is 18.1. The van der Waals surface area contributed by atoms with Gasteiger partial charge in [0.1, 0.15) is 11.6 Å². The Morgan fingerprint density at radius 1 is 1.27 bits per heavy atom. The molecule has 2 fully saturated rings. The Morgan fingerprint density at radius 2 is 2.12 bits per heavy atom. The van der Waals surface area contributed by atoms with Crippen molar-refractivity contribution in [1.29, 1.82) is 0 Å². The molecule has 138 valence electrons. The van der Waals surface area contributed by atoms with Gasteiger partial charge < -0.3 is 15.4 Å². The van der Waals surface area contributed by atoms with Gasteiger partial charge in [-0.1, -0.05) is 18.2 Å². The van der Waals surface area contributed by atoms with E-state index in [-0.39, 0.29) is 29.3 Å². The number of nitrogens with zero attached hydrogens (tertiary/aromatic N) is 3. The van der Waals surface area contributed by atoms with Gasteiger partial charge in [0.2, 0.25) is 5.95 Å². The fourth-order valence-electron chi connectivity index (χ4n) is 3.78. The first-order valence-corrected chi connectivity index (χ1v) is 8.75. The molecule has 0 spiro atoms. The molecule has 0 amide bonds. The summed E-state index contributed by atoms with van der Waals surface area (Å²) in [6.45, 7) is 3.94. The van der Waals surface area contributed by atoms with E-state index in [9.17, 15) is 9.18 Å². The smallest absolute Gasteiger partial charge is 0.254 e. The van der Waals surface area contributed by atoms with Crippen LogP contribution in [-0.4, -0.2) is 53.8 Å². The lowest BCUT2D eigenvalue weighted by Crippen LogP contribution is -2.44. The third-order valence-corrected chi connectivity index (χ3v) is 4.98. The van der Waals surface area contributed by atoms with Crippen LogP contribution in [0.15, 0.2) is 35.1 Å². The van der Waals surface area contributed by atoms with Crippen LogP contribution in [0.1, 0.15) is 5.56 Å². The second-order valence-electron chi connectivity index (χ2n) is 6.97. The van der Waals surface area contributed by atoms with Crippen LogP contribution in [0.5, 0.6) is 0 Å². The van der Waals surface area contributed by atoms with Crippen LogP contribution in [0.25, 0.3) is 0 Å². The van der Waals surface area contributed by atoms with Crippen LogP contribution in [0, 0.1) is 11.7 Å². The second-order valence-corrected chi connectivity index (χ2v) is 6.97. The number of fused-ring (bicyclic) bond motifs is 3. The first kappa shape index (κ1) is 17.0. The van der Waals surface area contributed by atoms with Gasteiger partial charge >= 0.3 is 0 Å². The average Bonchev–Trinajstić information content (AvgIpc) is 2.86. The van der Waals surface area contributed by atoms with Crippen LogP contribution < -0.4 is 16.2 Å². The number of nitrogen functional groups attached to an aromatic ring is 1. The van der Waals surface area contributed by atoms with Gasteiger partial charge in [0.25, 0.3) is 5.56 Å². The van der Waals surface area contributed by atoms with E-state index >= 15 is 0 Å². The minimum atomic E-state index is -0.263. The molecule has 2 saturated heterocycles. The zero-order valence-electron chi connectivity index (χ0n) is 14.4. The largest absolute Gasteiger partial charge is 0.379 e. The van der Waals surface area contributed by atoms with Crippen molar-refractivity contribution in [1.82, 2.24) is 14.9 Å². The average molecular weight is 359 g/mol. The third kappa shape index (κ3) is 3.56. The summed E-state index contributed by atoms with van der Waals surface area (Å²) in [6, 6.07) is 8.43. The van der Waals surface area contributed by atoms with Crippen LogP contribution in [0.2, 0.25) is 0 Å². The van der Waals surface area contributed by atoms with E-state index < -0.39 is 0 Å². The maximum Gasteiger partial charge on any atom is 0.254 e. The Hall–Kier alpha value is -2.45. The van der Waals surface area contributed by atoms with Gasteiger partial charge in [-0.3, -0.25) is 14.7 Å². The van der Waals surface area contributed by atoms with Crippen molar-refractivity contribution in [2.24, 2.45) is 5.92 Å². The summed E-state index contributed by atoms with van der Waals surface area (Å²) in [5.74, 6) is 0.752. The van der Waals surface area contributed by atoms with Gasteiger partial charge in [0, 0.05) is 43.7 Å². The van der Waals surface area contributed by atoms with Crippen molar-refractivity contribution in [3.05, 3.63) is 52.1 Å². The maximum atomic E-state index is 14.1. The van der Waals surface area contributed by atoms with E-state index in [2.05, 4.69) is 19.8 Å². The molecule has 2 aliphatic rings. The van der Waals surface area contributed by atoms with Gasteiger partial charge in [-0.15, -0.1) is 0 Å². The molecule has 2 aromatic rings. The fraction of sp³-hybridized carbons (Fsp3) is 0.444. The topological polar surface area (TPSA) is 87.5 Å². The van der Waals surface area contributed by atoms with E-state index in [1.165, 1.54) is 12.1 Å². The number of nitrogens with two attached hydrogens (primary N) is 1. The van der Waals surface area contributed by atoms with E-state index in [1.807, 2.05) is 12.1 Å². The molecule has 7 nitrogen and oxygen atoms in total. The Kier molecular flexibility index (Phi) is 4.60. The van der Waals surface area contributed by atoms with Crippen molar-refractivity contribution in [3.8, 4) is 0 Å². The van der Waals surface area contributed by atoms with Crippen LogP contribution in [0.3, 0.4) is 0 Å². The summed E-state index contributed by atoms with van der Waals surface area (Å²) in [6.07, 6.45) is 0. The molecule has 0 unspecified atom stereocenters. The minimum Gasteiger partial charge on any atom is -0.379 e. The highest BCUT2D eigenvalue weighted by Gasteiger charge is 2.34. The summed E-state index contributed by atoms with van der Waals surface area (Å²) in [4.78, 5) is 22.9. The first-order chi connectivity index (χ1) is 12.6. The predicted octanol–water partition coefficient (Wildman–Crippen LogP) is 0.828. The number of benzene rings is 1. The number of nitrogens with one attached hydrogen (secondary N) is 1. The van der Waals surface area contributed by atoms with Crippen LogP contribution in [0.4, 0.5) is 16.2 Å². The van der Waals surface area contributed by atoms with E-state index in [0.29, 0.717) is 37.7 Å². The lowest BCUT2D eigenvalue weighted by atomic mass is 10.1. The normalized spacial score (nSPS) is 23.7. The van der Waals surface area contributed by atoms with E-state index in [4.69, 9.17) is 10.5 Å². The van der Waals surface area contributed by atoms with E-state index in [1.54, 1.807) is 6.07 Å². The zero-order valence-corrected chi connectivity index (χ0v) is 14.4. The molecule has 3 N–H and O–H groups in total. The summed E-state index contributed by atoms with van der Waals surface area (Å²) in [5.41, 5.74) is 6.12. The van der Waals surface area contributed by atoms with Crippen molar-refractivity contribution >= 4 is 11.8 Å². The first-order valence-electron chi connectivity index (χ1n) is 8.75. The number of hydrogen-bond donors (Lipinski definition) is 2. The van der Waals surface area contributed by atoms with Gasteiger partial charge in [-0.25, -0.2) is 4.39 Å². The van der Waals surface area contributed by atoms with Crippen molar-refractivity contribution < 1.29 is 9.13 Å². The number of rotatable bonds is 3. The molecule has 2 aliphatic heterocycles.